The van der Waals surface area contributed by atoms with Gasteiger partial charge in [-0.1, -0.05) is 0 Å². The van der Waals surface area contributed by atoms with Gasteiger partial charge in [0.1, 0.15) is 12.0 Å². The number of nitrogens with one attached hydrogen (secondary N) is 1. The van der Waals surface area contributed by atoms with Crippen LogP contribution >= 0.6 is 11.3 Å². The third-order valence-corrected chi connectivity index (χ3v) is 2.71. The van der Waals surface area contributed by atoms with E-state index in [4.69, 9.17) is 5.73 Å². The first-order chi connectivity index (χ1) is 8.15. The summed E-state index contributed by atoms with van der Waals surface area (Å²) in [6, 6.07) is 0. The maximum absolute atomic E-state index is 11.6. The van der Waals surface area contributed by atoms with Crippen LogP contribution in [-0.4, -0.2) is 32.2 Å². The van der Waals surface area contributed by atoms with Crippen LogP contribution < -0.4 is 11.1 Å². The Hall–Kier alpha value is -1.96. The Morgan fingerprint density at radius 3 is 3.06 bits per heavy atom. The van der Waals surface area contributed by atoms with Gasteiger partial charge in [0.05, 0.1) is 0 Å². The number of hydrogen-bond acceptors (Lipinski definition) is 6. The number of nitrogen functional groups attached to an aromatic ring is 1. The van der Waals surface area contributed by atoms with Crippen LogP contribution in [0.5, 0.6) is 0 Å². The van der Waals surface area contributed by atoms with Gasteiger partial charge in [0.25, 0.3) is 5.91 Å². The van der Waals surface area contributed by atoms with Crippen LogP contribution in [0.3, 0.4) is 0 Å². The summed E-state index contributed by atoms with van der Waals surface area (Å²) in [4.78, 5) is 19.5. The molecule has 0 saturated carbocycles. The van der Waals surface area contributed by atoms with Gasteiger partial charge in [-0.15, -0.1) is 11.3 Å². The number of carbonyl (C=O) groups is 1. The van der Waals surface area contributed by atoms with Gasteiger partial charge in [-0.25, -0.2) is 9.97 Å². The van der Waals surface area contributed by atoms with Crippen molar-refractivity contribution >= 4 is 22.4 Å². The average Bonchev–Trinajstić information content (AvgIpc) is 2.88. The molecule has 90 valence electrons. The van der Waals surface area contributed by atoms with E-state index in [1.165, 1.54) is 11.3 Å². The second kappa shape index (κ2) is 4.91. The van der Waals surface area contributed by atoms with Crippen molar-refractivity contribution in [2.24, 2.45) is 7.05 Å². The summed E-state index contributed by atoms with van der Waals surface area (Å²) in [7, 11) is 1.80. The first-order valence-electron chi connectivity index (χ1n) is 4.99. The minimum absolute atomic E-state index is 0.228. The molecule has 7 nitrogen and oxygen atoms in total. The van der Waals surface area contributed by atoms with E-state index < -0.39 is 0 Å². The van der Waals surface area contributed by atoms with E-state index in [2.05, 4.69) is 20.4 Å². The molecular weight excluding hydrogens is 240 g/mol. The highest BCUT2D eigenvalue weighted by atomic mass is 32.1. The second-order valence-electron chi connectivity index (χ2n) is 3.41. The van der Waals surface area contributed by atoms with Crippen molar-refractivity contribution < 1.29 is 4.79 Å². The highest BCUT2D eigenvalue weighted by Crippen LogP contribution is 2.10. The van der Waals surface area contributed by atoms with Gasteiger partial charge >= 0.3 is 0 Å². The largest absolute Gasteiger partial charge is 0.375 e. The third-order valence-electron chi connectivity index (χ3n) is 2.04. The molecule has 0 aliphatic heterocycles. The fourth-order valence-electron chi connectivity index (χ4n) is 1.27. The molecular formula is C9H12N6OS. The highest BCUT2D eigenvalue weighted by molar-refractivity contribution is 7.13. The van der Waals surface area contributed by atoms with Crippen LogP contribution in [0.25, 0.3) is 0 Å². The molecule has 2 aromatic heterocycles. The Kier molecular flexibility index (Phi) is 3.33. The van der Waals surface area contributed by atoms with Gasteiger partial charge in [-0.2, -0.15) is 5.10 Å². The first kappa shape index (κ1) is 11.5. The molecule has 2 rings (SSSR count). The van der Waals surface area contributed by atoms with Gasteiger partial charge in [0.2, 0.25) is 0 Å². The molecule has 0 unspecified atom stereocenters. The fourth-order valence-corrected chi connectivity index (χ4v) is 1.81. The predicted octanol–water partition coefficient (Wildman–Crippen LogP) is -0.174. The lowest BCUT2D eigenvalue weighted by Crippen LogP contribution is -2.26. The minimum Gasteiger partial charge on any atom is -0.375 e. The number of nitrogens with two attached hydrogens (primary N) is 1. The molecule has 0 atom stereocenters. The maximum Gasteiger partial charge on any atom is 0.270 e. The number of anilines is 1. The van der Waals surface area contributed by atoms with E-state index in [0.717, 1.165) is 0 Å². The topological polar surface area (TPSA) is 98.7 Å². The van der Waals surface area contributed by atoms with Crippen LogP contribution in [0, 0.1) is 0 Å². The maximum atomic E-state index is 11.6. The van der Waals surface area contributed by atoms with E-state index in [1.807, 2.05) is 0 Å². The fraction of sp³-hybridized carbons (Fsp3) is 0.333. The summed E-state index contributed by atoms with van der Waals surface area (Å²) in [6.07, 6.45) is 2.21. The van der Waals surface area contributed by atoms with Gasteiger partial charge in [-0.05, 0) is 0 Å². The smallest absolute Gasteiger partial charge is 0.270 e. The van der Waals surface area contributed by atoms with E-state index in [-0.39, 0.29) is 5.91 Å². The molecule has 1 amide bonds. The lowest BCUT2D eigenvalue weighted by molar-refractivity contribution is 0.0950. The van der Waals surface area contributed by atoms with Crippen LogP contribution in [0.15, 0.2) is 11.7 Å². The Balaban J connectivity index is 1.81. The Bertz CT molecular complexity index is 519. The average molecular weight is 252 g/mol. The van der Waals surface area contributed by atoms with Crippen molar-refractivity contribution in [3.8, 4) is 0 Å². The van der Waals surface area contributed by atoms with E-state index in [0.29, 0.717) is 29.6 Å². The molecule has 0 aliphatic rings. The number of rotatable bonds is 4. The molecule has 8 heteroatoms. The van der Waals surface area contributed by atoms with Crippen molar-refractivity contribution in [2.75, 3.05) is 12.3 Å². The lowest BCUT2D eigenvalue weighted by atomic mass is 10.4. The summed E-state index contributed by atoms with van der Waals surface area (Å²) in [6.45, 7) is 0.472. The third kappa shape index (κ3) is 3.00. The molecule has 2 heterocycles. The molecule has 0 saturated heterocycles. The van der Waals surface area contributed by atoms with E-state index in [9.17, 15) is 4.79 Å². The van der Waals surface area contributed by atoms with Crippen LogP contribution in [-0.2, 0) is 13.5 Å². The predicted molar refractivity (Wildman–Crippen MR) is 63.6 cm³/mol. The summed E-state index contributed by atoms with van der Waals surface area (Å²) in [5.41, 5.74) is 5.79. The van der Waals surface area contributed by atoms with Crippen LogP contribution in [0.4, 0.5) is 5.13 Å². The van der Waals surface area contributed by atoms with Crippen molar-refractivity contribution in [2.45, 2.75) is 6.42 Å². The Morgan fingerprint density at radius 1 is 1.65 bits per heavy atom. The number of thiazole rings is 1. The molecule has 2 aromatic rings. The normalized spacial score (nSPS) is 10.4. The van der Waals surface area contributed by atoms with Crippen molar-refractivity contribution in [3.05, 3.63) is 23.2 Å². The zero-order valence-corrected chi connectivity index (χ0v) is 10.1. The molecule has 0 fully saturated rings. The summed E-state index contributed by atoms with van der Waals surface area (Å²) < 4.78 is 1.62. The van der Waals surface area contributed by atoms with Gasteiger partial charge in [0.15, 0.2) is 11.0 Å². The molecule has 0 aromatic carbocycles. The molecule has 0 bridgehead atoms. The van der Waals surface area contributed by atoms with Crippen molar-refractivity contribution in [1.29, 1.82) is 0 Å². The van der Waals surface area contributed by atoms with Gasteiger partial charge in [-0.3, -0.25) is 9.48 Å². The number of aryl methyl sites for hydroxylation is 1. The lowest BCUT2D eigenvalue weighted by Gasteiger charge is -2.00. The first-order valence-corrected chi connectivity index (χ1v) is 5.87. The standard InChI is InChI=1S/C9H12N6OS/c1-15-5-12-7(14-15)2-3-11-8(16)6-4-17-9(10)13-6/h4-5H,2-3H2,1H3,(H2,10,13)(H,11,16). The summed E-state index contributed by atoms with van der Waals surface area (Å²) in [5.74, 6) is 0.472. The summed E-state index contributed by atoms with van der Waals surface area (Å²) >= 11 is 1.24. The van der Waals surface area contributed by atoms with Crippen LogP contribution in [0.1, 0.15) is 16.3 Å². The second-order valence-corrected chi connectivity index (χ2v) is 4.30. The van der Waals surface area contributed by atoms with Crippen molar-refractivity contribution in [1.82, 2.24) is 25.1 Å². The Morgan fingerprint density at radius 2 is 2.47 bits per heavy atom. The van der Waals surface area contributed by atoms with Gasteiger partial charge < -0.3 is 11.1 Å². The SMILES string of the molecule is Cn1cnc(CCNC(=O)c2csc(N)n2)n1. The molecule has 0 aliphatic carbocycles. The monoisotopic (exact) mass is 252 g/mol. The Labute approximate surface area is 102 Å². The quantitative estimate of drug-likeness (QED) is 0.787. The number of aromatic nitrogens is 4. The summed E-state index contributed by atoms with van der Waals surface area (Å²) in [5, 5.41) is 8.85. The zero-order valence-electron chi connectivity index (χ0n) is 9.25. The number of hydrogen-bond donors (Lipinski definition) is 2. The number of amides is 1. The van der Waals surface area contributed by atoms with E-state index in [1.54, 1.807) is 23.4 Å². The minimum atomic E-state index is -0.228. The van der Waals surface area contributed by atoms with Crippen LogP contribution in [0.2, 0.25) is 0 Å². The molecule has 0 spiro atoms. The van der Waals surface area contributed by atoms with Crippen molar-refractivity contribution in [3.63, 3.8) is 0 Å². The van der Waals surface area contributed by atoms with Gasteiger partial charge in [0, 0.05) is 25.4 Å². The molecule has 17 heavy (non-hydrogen) atoms. The molecule has 0 radical (unpaired) electrons. The highest BCUT2D eigenvalue weighted by Gasteiger charge is 2.09. The number of carbonyl (C=O) groups excluding carboxylic acids is 1. The van der Waals surface area contributed by atoms with E-state index >= 15 is 0 Å². The molecule has 3 N–H and O–H groups in total. The number of nitrogens with zero attached hydrogens (tertiary/aromatic N) is 4. The zero-order chi connectivity index (χ0) is 12.3.